The maximum absolute atomic E-state index is 8.84. The molecule has 0 aliphatic rings. The van der Waals surface area contributed by atoms with Crippen molar-refractivity contribution in [2.45, 2.75) is 19.8 Å². The fraction of sp³-hybridized carbons (Fsp3) is 0.667. The third-order valence-corrected chi connectivity index (χ3v) is 1.95. The summed E-state index contributed by atoms with van der Waals surface area (Å²) in [5.74, 6) is 1.20. The maximum atomic E-state index is 8.84. The Bertz CT molecular complexity index is 247. The number of nitrogens with two attached hydrogens (primary N) is 1. The highest BCUT2D eigenvalue weighted by atomic mass is 16.3. The summed E-state index contributed by atoms with van der Waals surface area (Å²) >= 11 is 0. The number of aliphatic hydroxyl groups excluding tert-OH is 1. The van der Waals surface area contributed by atoms with E-state index >= 15 is 0 Å². The van der Waals surface area contributed by atoms with Crippen LogP contribution in [0.5, 0.6) is 0 Å². The normalized spacial score (nSPS) is 13.2. The van der Waals surface area contributed by atoms with Crippen LogP contribution in [0, 0.1) is 5.92 Å². The van der Waals surface area contributed by atoms with E-state index in [1.54, 1.807) is 0 Å². The molecule has 0 aromatic carbocycles. The molecule has 4 heteroatoms. The van der Waals surface area contributed by atoms with Crippen LogP contribution in [0.3, 0.4) is 0 Å². The summed E-state index contributed by atoms with van der Waals surface area (Å²) in [5.41, 5.74) is 6.48. The van der Waals surface area contributed by atoms with Gasteiger partial charge in [-0.25, -0.2) is 4.98 Å². The molecule has 1 rings (SSSR count). The predicted octanol–water partition coefficient (Wildman–Crippen LogP) is 0.0818. The standard InChI is InChI=1S/C9H17N3O/c1-7(6-13)4-9-11-5-8(12-9)2-3-10/h5,7,13H,2-4,6,10H2,1H3,(H,11,12)/t7-/m0/s1. The quantitative estimate of drug-likeness (QED) is 0.605. The molecule has 0 unspecified atom stereocenters. The van der Waals surface area contributed by atoms with Crippen molar-refractivity contribution in [3.05, 3.63) is 17.7 Å². The van der Waals surface area contributed by atoms with Crippen molar-refractivity contribution in [2.75, 3.05) is 13.2 Å². The summed E-state index contributed by atoms with van der Waals surface area (Å²) in [5, 5.41) is 8.84. The Kier molecular flexibility index (Phi) is 3.92. The molecule has 0 bridgehead atoms. The Labute approximate surface area is 78.2 Å². The molecule has 0 saturated heterocycles. The highest BCUT2D eigenvalue weighted by Crippen LogP contribution is 2.04. The number of nitrogens with one attached hydrogen (secondary N) is 1. The largest absolute Gasteiger partial charge is 0.396 e. The third kappa shape index (κ3) is 3.16. The zero-order chi connectivity index (χ0) is 9.68. The van der Waals surface area contributed by atoms with E-state index in [0.717, 1.165) is 24.4 Å². The Morgan fingerprint density at radius 1 is 1.69 bits per heavy atom. The number of imidazole rings is 1. The van der Waals surface area contributed by atoms with Crippen molar-refractivity contribution in [3.63, 3.8) is 0 Å². The van der Waals surface area contributed by atoms with Gasteiger partial charge in [0.2, 0.25) is 0 Å². The van der Waals surface area contributed by atoms with Crippen molar-refractivity contribution in [2.24, 2.45) is 11.7 Å². The Morgan fingerprint density at radius 2 is 2.46 bits per heavy atom. The first kappa shape index (κ1) is 10.2. The lowest BCUT2D eigenvalue weighted by Crippen LogP contribution is -2.06. The summed E-state index contributed by atoms with van der Waals surface area (Å²) in [7, 11) is 0. The van der Waals surface area contributed by atoms with E-state index in [1.807, 2.05) is 13.1 Å². The first-order chi connectivity index (χ1) is 6.26. The monoisotopic (exact) mass is 183 g/mol. The highest BCUT2D eigenvalue weighted by Gasteiger charge is 2.05. The van der Waals surface area contributed by atoms with Crippen LogP contribution in [-0.4, -0.2) is 28.2 Å². The number of aromatic amines is 1. The molecule has 0 radical (unpaired) electrons. The number of rotatable bonds is 5. The van der Waals surface area contributed by atoms with E-state index in [-0.39, 0.29) is 12.5 Å². The molecule has 13 heavy (non-hydrogen) atoms. The number of hydrogen-bond donors (Lipinski definition) is 3. The molecule has 0 spiro atoms. The van der Waals surface area contributed by atoms with Crippen LogP contribution in [0.15, 0.2) is 6.20 Å². The van der Waals surface area contributed by atoms with Crippen LogP contribution in [0.2, 0.25) is 0 Å². The van der Waals surface area contributed by atoms with Crippen LogP contribution < -0.4 is 5.73 Å². The minimum absolute atomic E-state index is 0.201. The average molecular weight is 183 g/mol. The minimum atomic E-state index is 0.201. The lowest BCUT2D eigenvalue weighted by atomic mass is 10.1. The fourth-order valence-electron chi connectivity index (χ4n) is 1.19. The molecule has 4 nitrogen and oxygen atoms in total. The van der Waals surface area contributed by atoms with Gasteiger partial charge in [0, 0.05) is 31.3 Å². The molecular weight excluding hydrogens is 166 g/mol. The summed E-state index contributed by atoms with van der Waals surface area (Å²) in [4.78, 5) is 7.38. The van der Waals surface area contributed by atoms with Gasteiger partial charge in [0.15, 0.2) is 0 Å². The second-order valence-corrected chi connectivity index (χ2v) is 3.39. The van der Waals surface area contributed by atoms with Gasteiger partial charge in [0.25, 0.3) is 0 Å². The molecule has 0 fully saturated rings. The molecule has 1 aromatic heterocycles. The summed E-state index contributed by atoms with van der Waals surface area (Å²) in [6, 6.07) is 0. The Hall–Kier alpha value is -0.870. The van der Waals surface area contributed by atoms with E-state index < -0.39 is 0 Å². The molecule has 0 aliphatic carbocycles. The van der Waals surface area contributed by atoms with Gasteiger partial charge in [-0.05, 0) is 12.5 Å². The second kappa shape index (κ2) is 4.99. The number of aromatic nitrogens is 2. The number of nitrogens with zero attached hydrogens (tertiary/aromatic N) is 1. The first-order valence-electron chi connectivity index (χ1n) is 4.60. The molecule has 1 heterocycles. The second-order valence-electron chi connectivity index (χ2n) is 3.39. The van der Waals surface area contributed by atoms with Gasteiger partial charge in [-0.15, -0.1) is 0 Å². The van der Waals surface area contributed by atoms with Crippen molar-refractivity contribution >= 4 is 0 Å². The molecule has 1 atom stereocenters. The Balaban J connectivity index is 2.48. The highest BCUT2D eigenvalue weighted by molar-refractivity contribution is 5.02. The lowest BCUT2D eigenvalue weighted by Gasteiger charge is -2.03. The average Bonchev–Trinajstić information content (AvgIpc) is 2.53. The third-order valence-electron chi connectivity index (χ3n) is 1.95. The molecule has 74 valence electrons. The summed E-state index contributed by atoms with van der Waals surface area (Å²) in [6.45, 7) is 2.83. The fourth-order valence-corrected chi connectivity index (χ4v) is 1.19. The minimum Gasteiger partial charge on any atom is -0.396 e. The van der Waals surface area contributed by atoms with Crippen LogP contribution in [0.1, 0.15) is 18.4 Å². The molecular formula is C9H17N3O. The molecule has 4 N–H and O–H groups in total. The molecule has 1 aromatic rings. The van der Waals surface area contributed by atoms with Gasteiger partial charge in [-0.1, -0.05) is 6.92 Å². The number of aliphatic hydroxyl groups is 1. The van der Waals surface area contributed by atoms with Crippen LogP contribution in [0.4, 0.5) is 0 Å². The number of hydrogen-bond acceptors (Lipinski definition) is 3. The van der Waals surface area contributed by atoms with E-state index in [0.29, 0.717) is 6.54 Å². The zero-order valence-corrected chi connectivity index (χ0v) is 7.95. The van der Waals surface area contributed by atoms with E-state index in [1.165, 1.54) is 0 Å². The van der Waals surface area contributed by atoms with Gasteiger partial charge in [-0.2, -0.15) is 0 Å². The smallest absolute Gasteiger partial charge is 0.106 e. The maximum Gasteiger partial charge on any atom is 0.106 e. The molecule has 0 amide bonds. The zero-order valence-electron chi connectivity index (χ0n) is 7.95. The summed E-state index contributed by atoms with van der Waals surface area (Å²) in [6.07, 6.45) is 3.44. The van der Waals surface area contributed by atoms with E-state index in [9.17, 15) is 0 Å². The van der Waals surface area contributed by atoms with E-state index in [4.69, 9.17) is 10.8 Å². The van der Waals surface area contributed by atoms with Gasteiger partial charge >= 0.3 is 0 Å². The van der Waals surface area contributed by atoms with Gasteiger partial charge in [0.1, 0.15) is 5.82 Å². The topological polar surface area (TPSA) is 74.9 Å². The SMILES string of the molecule is C[C@H](CO)Cc1ncc(CCN)[nH]1. The van der Waals surface area contributed by atoms with Gasteiger partial charge in [0.05, 0.1) is 0 Å². The van der Waals surface area contributed by atoms with Crippen molar-refractivity contribution in [3.8, 4) is 0 Å². The van der Waals surface area contributed by atoms with Crippen molar-refractivity contribution in [1.29, 1.82) is 0 Å². The molecule has 0 aliphatic heterocycles. The van der Waals surface area contributed by atoms with E-state index in [2.05, 4.69) is 9.97 Å². The summed E-state index contributed by atoms with van der Waals surface area (Å²) < 4.78 is 0. The van der Waals surface area contributed by atoms with Gasteiger partial charge in [-0.3, -0.25) is 0 Å². The first-order valence-corrected chi connectivity index (χ1v) is 4.60. The van der Waals surface area contributed by atoms with Gasteiger partial charge < -0.3 is 15.8 Å². The predicted molar refractivity (Wildman–Crippen MR) is 51.3 cm³/mol. The molecule has 0 saturated carbocycles. The number of H-pyrrole nitrogens is 1. The van der Waals surface area contributed by atoms with Crippen molar-refractivity contribution in [1.82, 2.24) is 9.97 Å². The Morgan fingerprint density at radius 3 is 3.08 bits per heavy atom. The van der Waals surface area contributed by atoms with Crippen molar-refractivity contribution < 1.29 is 5.11 Å². The lowest BCUT2D eigenvalue weighted by molar-refractivity contribution is 0.235. The van der Waals surface area contributed by atoms with Crippen LogP contribution in [0.25, 0.3) is 0 Å². The van der Waals surface area contributed by atoms with Crippen LogP contribution >= 0.6 is 0 Å². The van der Waals surface area contributed by atoms with Crippen LogP contribution in [-0.2, 0) is 12.8 Å².